The molecule has 1 atom stereocenters. The molecule has 148 valence electrons. The Hall–Kier alpha value is -3.73. The van der Waals surface area contributed by atoms with Crippen molar-refractivity contribution >= 4 is 11.5 Å². The zero-order valence-corrected chi connectivity index (χ0v) is 15.9. The van der Waals surface area contributed by atoms with E-state index in [1.807, 2.05) is 12.1 Å². The molecule has 0 bridgehead atoms. The summed E-state index contributed by atoms with van der Waals surface area (Å²) in [5, 5.41) is 30.6. The van der Waals surface area contributed by atoms with Crippen LogP contribution in [0.1, 0.15) is 33.8 Å². The Morgan fingerprint density at radius 2 is 1.45 bits per heavy atom. The lowest BCUT2D eigenvalue weighted by Gasteiger charge is -2.15. The van der Waals surface area contributed by atoms with Gasteiger partial charge in [0.2, 0.25) is 0 Å². The van der Waals surface area contributed by atoms with Gasteiger partial charge in [-0.25, -0.2) is 0 Å². The summed E-state index contributed by atoms with van der Waals surface area (Å²) in [5.74, 6) is -0.332. The lowest BCUT2D eigenvalue weighted by Crippen LogP contribution is -2.07. The second-order valence-corrected chi connectivity index (χ2v) is 6.59. The minimum Gasteiger partial charge on any atom is -0.508 e. The van der Waals surface area contributed by atoms with E-state index in [-0.39, 0.29) is 40.6 Å². The summed E-state index contributed by atoms with van der Waals surface area (Å²) in [6.45, 7) is 0. The zero-order valence-electron chi connectivity index (χ0n) is 15.9. The molecular weight excluding hydrogens is 368 g/mol. The van der Waals surface area contributed by atoms with Gasteiger partial charge in [-0.05, 0) is 48.0 Å². The van der Waals surface area contributed by atoms with Crippen LogP contribution in [0.2, 0.25) is 0 Å². The van der Waals surface area contributed by atoms with Gasteiger partial charge in [0.15, 0.2) is 5.78 Å². The van der Waals surface area contributed by atoms with Crippen LogP contribution in [0.25, 0.3) is 5.76 Å². The van der Waals surface area contributed by atoms with Gasteiger partial charge < -0.3 is 20.1 Å². The predicted octanol–water partition coefficient (Wildman–Crippen LogP) is 5.06. The molecule has 0 aromatic heterocycles. The number of methoxy groups -OCH3 is 1. The highest BCUT2D eigenvalue weighted by Crippen LogP contribution is 2.31. The molecule has 0 radical (unpaired) electrons. The average Bonchev–Trinajstić information content (AvgIpc) is 2.73. The normalized spacial score (nSPS) is 12.4. The maximum Gasteiger partial charge on any atom is 0.167 e. The Balaban J connectivity index is 1.97. The Morgan fingerprint density at radius 3 is 2.00 bits per heavy atom. The number of hydrogen-bond donors (Lipinski definition) is 3. The van der Waals surface area contributed by atoms with Crippen LogP contribution >= 0.6 is 0 Å². The van der Waals surface area contributed by atoms with Crippen LogP contribution in [0.4, 0.5) is 0 Å². The van der Waals surface area contributed by atoms with E-state index in [1.165, 1.54) is 18.2 Å². The van der Waals surface area contributed by atoms with Crippen molar-refractivity contribution in [2.75, 3.05) is 7.11 Å². The predicted molar refractivity (Wildman–Crippen MR) is 112 cm³/mol. The second kappa shape index (κ2) is 8.97. The smallest absolute Gasteiger partial charge is 0.167 e. The molecule has 0 fully saturated rings. The number of phenols is 2. The molecule has 0 aliphatic rings. The van der Waals surface area contributed by atoms with Crippen molar-refractivity contribution in [3.8, 4) is 17.2 Å². The SMILES string of the molecule is COc1ccc(C(/C=C(\O)c2ccccc2O)CC(=O)c2ccccc2O)cc1. The highest BCUT2D eigenvalue weighted by atomic mass is 16.5. The van der Waals surface area contributed by atoms with Crippen LogP contribution < -0.4 is 4.74 Å². The minimum atomic E-state index is -0.479. The molecule has 0 heterocycles. The molecule has 3 N–H and O–H groups in total. The number of carbonyl (C=O) groups is 1. The largest absolute Gasteiger partial charge is 0.508 e. The number of ketones is 1. The Bertz CT molecular complexity index is 1020. The first-order chi connectivity index (χ1) is 14.0. The van der Waals surface area contributed by atoms with Crippen molar-refractivity contribution in [3.63, 3.8) is 0 Å². The summed E-state index contributed by atoms with van der Waals surface area (Å²) in [7, 11) is 1.57. The molecule has 0 aliphatic carbocycles. The second-order valence-electron chi connectivity index (χ2n) is 6.59. The third-order valence-corrected chi connectivity index (χ3v) is 4.69. The first kappa shape index (κ1) is 20.0. The van der Waals surface area contributed by atoms with Crippen molar-refractivity contribution in [1.82, 2.24) is 0 Å². The molecule has 0 aliphatic heterocycles. The minimum absolute atomic E-state index is 0.0293. The van der Waals surface area contributed by atoms with E-state index in [0.717, 1.165) is 5.56 Å². The lowest BCUT2D eigenvalue weighted by molar-refractivity contribution is 0.0976. The molecule has 3 aromatic carbocycles. The molecule has 3 aromatic rings. The van der Waals surface area contributed by atoms with E-state index >= 15 is 0 Å². The fraction of sp³-hybridized carbons (Fsp3) is 0.125. The van der Waals surface area contributed by atoms with E-state index in [4.69, 9.17) is 4.74 Å². The number of hydrogen-bond acceptors (Lipinski definition) is 5. The van der Waals surface area contributed by atoms with Crippen LogP contribution in [0, 0.1) is 0 Å². The number of carbonyl (C=O) groups excluding carboxylic acids is 1. The van der Waals surface area contributed by atoms with E-state index in [2.05, 4.69) is 0 Å². The van der Waals surface area contributed by atoms with Crippen LogP contribution in [-0.4, -0.2) is 28.2 Å². The number of ether oxygens (including phenoxy) is 1. The lowest BCUT2D eigenvalue weighted by atomic mass is 9.90. The van der Waals surface area contributed by atoms with Crippen molar-refractivity contribution < 1.29 is 24.9 Å². The van der Waals surface area contributed by atoms with Crippen molar-refractivity contribution in [3.05, 3.63) is 95.6 Å². The number of allylic oxidation sites excluding steroid dienone is 1. The Kier molecular flexibility index (Phi) is 6.19. The van der Waals surface area contributed by atoms with Crippen LogP contribution in [0.5, 0.6) is 17.2 Å². The van der Waals surface area contributed by atoms with E-state index < -0.39 is 5.92 Å². The highest BCUT2D eigenvalue weighted by Gasteiger charge is 2.19. The molecule has 0 amide bonds. The van der Waals surface area contributed by atoms with Gasteiger partial charge in [-0.1, -0.05) is 36.4 Å². The molecule has 3 rings (SSSR count). The summed E-state index contributed by atoms with van der Waals surface area (Å²) >= 11 is 0. The number of rotatable bonds is 7. The monoisotopic (exact) mass is 390 g/mol. The quantitative estimate of drug-likeness (QED) is 0.388. The number of aliphatic hydroxyl groups excluding tert-OH is 1. The number of aromatic hydroxyl groups is 2. The highest BCUT2D eigenvalue weighted by molar-refractivity contribution is 5.99. The van der Waals surface area contributed by atoms with Crippen LogP contribution in [0.3, 0.4) is 0 Å². The van der Waals surface area contributed by atoms with E-state index in [9.17, 15) is 20.1 Å². The number of benzene rings is 3. The van der Waals surface area contributed by atoms with Gasteiger partial charge in [-0.3, -0.25) is 4.79 Å². The summed E-state index contributed by atoms with van der Waals surface area (Å²) in [6.07, 6.45) is 1.57. The van der Waals surface area contributed by atoms with E-state index in [1.54, 1.807) is 55.6 Å². The molecule has 1 unspecified atom stereocenters. The van der Waals surface area contributed by atoms with E-state index in [0.29, 0.717) is 5.75 Å². The number of Topliss-reactive ketones (excluding diaryl/α,β-unsaturated/α-hetero) is 1. The average molecular weight is 390 g/mol. The van der Waals surface area contributed by atoms with Crippen molar-refractivity contribution in [2.45, 2.75) is 12.3 Å². The molecule has 5 nitrogen and oxygen atoms in total. The summed E-state index contributed by atoms with van der Waals surface area (Å²) in [4.78, 5) is 12.8. The maximum absolute atomic E-state index is 12.8. The maximum atomic E-state index is 12.8. The van der Waals surface area contributed by atoms with Gasteiger partial charge in [0.25, 0.3) is 0 Å². The summed E-state index contributed by atoms with van der Waals surface area (Å²) in [6, 6.07) is 20.0. The summed E-state index contributed by atoms with van der Waals surface area (Å²) < 4.78 is 5.18. The van der Waals surface area contributed by atoms with Gasteiger partial charge >= 0.3 is 0 Å². The Morgan fingerprint density at radius 1 is 0.897 bits per heavy atom. The molecule has 5 heteroatoms. The standard InChI is InChI=1S/C24H22O5/c1-29-18-12-10-16(11-13-18)17(14-23(27)19-6-2-4-8-21(19)25)15-24(28)20-7-3-5-9-22(20)26/h2-14,17,25-27H,15H2,1H3/b23-14-. The molecule has 29 heavy (non-hydrogen) atoms. The van der Waals surface area contributed by atoms with Gasteiger partial charge in [-0.2, -0.15) is 0 Å². The van der Waals surface area contributed by atoms with Gasteiger partial charge in [0.05, 0.1) is 18.2 Å². The molecule has 0 spiro atoms. The van der Waals surface area contributed by atoms with Crippen LogP contribution in [-0.2, 0) is 0 Å². The Labute approximate surface area is 169 Å². The molecule has 0 saturated heterocycles. The van der Waals surface area contributed by atoms with Gasteiger partial charge in [0, 0.05) is 12.3 Å². The van der Waals surface area contributed by atoms with Gasteiger partial charge in [0.1, 0.15) is 23.0 Å². The zero-order chi connectivity index (χ0) is 20.8. The number of phenolic OH excluding ortho intramolecular Hbond substituents is 2. The van der Waals surface area contributed by atoms with Crippen molar-refractivity contribution in [1.29, 1.82) is 0 Å². The van der Waals surface area contributed by atoms with Gasteiger partial charge in [-0.15, -0.1) is 0 Å². The molecule has 0 saturated carbocycles. The van der Waals surface area contributed by atoms with Crippen molar-refractivity contribution in [2.24, 2.45) is 0 Å². The molecular formula is C24H22O5. The third kappa shape index (κ3) is 4.76. The fourth-order valence-electron chi connectivity index (χ4n) is 3.11. The fourth-order valence-corrected chi connectivity index (χ4v) is 3.11. The first-order valence-electron chi connectivity index (χ1n) is 9.14. The number of aliphatic hydroxyl groups is 1. The topological polar surface area (TPSA) is 87.0 Å². The number of para-hydroxylation sites is 2. The van der Waals surface area contributed by atoms with Crippen LogP contribution in [0.15, 0.2) is 78.9 Å². The third-order valence-electron chi connectivity index (χ3n) is 4.69. The first-order valence-corrected chi connectivity index (χ1v) is 9.14. The summed E-state index contributed by atoms with van der Waals surface area (Å²) in [5.41, 5.74) is 1.29.